The van der Waals surface area contributed by atoms with E-state index in [4.69, 9.17) is 4.42 Å². The van der Waals surface area contributed by atoms with E-state index in [0.29, 0.717) is 0 Å². The summed E-state index contributed by atoms with van der Waals surface area (Å²) in [7, 11) is 0. The van der Waals surface area contributed by atoms with Crippen LogP contribution in [0.5, 0.6) is 0 Å². The van der Waals surface area contributed by atoms with Gasteiger partial charge in [0.2, 0.25) is 0 Å². The van der Waals surface area contributed by atoms with Crippen molar-refractivity contribution >= 4 is 39.0 Å². The molecule has 0 bridgehead atoms. The molecule has 234 valence electrons. The van der Waals surface area contributed by atoms with Gasteiger partial charge in [-0.25, -0.2) is 0 Å². The standard InChI is InChI=1S/C47H35NO/c1-46(2)39-20-10-7-16-33(39)36-26-24-32(29-43(36)46)48(30-14-5-4-6-15-30)31-25-27-44-38(28-31)37-19-13-23-42(45(37)49-44)47(3)40-21-11-8-17-34(40)35-18-9-12-22-41(35)47/h4-29H,1-3H3. The average molecular weight is 630 g/mol. The predicted octanol–water partition coefficient (Wildman–Crippen LogP) is 12.7. The van der Waals surface area contributed by atoms with Gasteiger partial charge < -0.3 is 9.32 Å². The number of benzene rings is 7. The van der Waals surface area contributed by atoms with Crippen molar-refractivity contribution in [1.29, 1.82) is 0 Å². The summed E-state index contributed by atoms with van der Waals surface area (Å²) in [6, 6.07) is 57.5. The van der Waals surface area contributed by atoms with Crippen molar-refractivity contribution in [3.63, 3.8) is 0 Å². The van der Waals surface area contributed by atoms with Crippen molar-refractivity contribution in [3.05, 3.63) is 186 Å². The highest BCUT2D eigenvalue weighted by molar-refractivity contribution is 6.08. The van der Waals surface area contributed by atoms with Crippen molar-refractivity contribution in [2.24, 2.45) is 0 Å². The predicted molar refractivity (Wildman–Crippen MR) is 203 cm³/mol. The van der Waals surface area contributed by atoms with Crippen LogP contribution in [0.1, 0.15) is 48.6 Å². The van der Waals surface area contributed by atoms with Gasteiger partial charge in [-0.15, -0.1) is 0 Å². The number of anilines is 3. The number of para-hydroxylation sites is 2. The van der Waals surface area contributed by atoms with Gasteiger partial charge >= 0.3 is 0 Å². The molecule has 0 fully saturated rings. The van der Waals surface area contributed by atoms with Gasteiger partial charge in [-0.2, -0.15) is 0 Å². The van der Waals surface area contributed by atoms with Crippen molar-refractivity contribution in [3.8, 4) is 22.3 Å². The minimum absolute atomic E-state index is 0.0843. The van der Waals surface area contributed by atoms with Crippen LogP contribution in [0.2, 0.25) is 0 Å². The molecule has 7 aromatic carbocycles. The van der Waals surface area contributed by atoms with E-state index in [-0.39, 0.29) is 10.8 Å². The maximum atomic E-state index is 6.84. The van der Waals surface area contributed by atoms with Gasteiger partial charge in [0.15, 0.2) is 0 Å². The molecule has 0 unspecified atom stereocenters. The fourth-order valence-corrected chi connectivity index (χ4v) is 8.92. The fourth-order valence-electron chi connectivity index (χ4n) is 8.92. The van der Waals surface area contributed by atoms with Gasteiger partial charge in [-0.05, 0) is 93.9 Å². The molecule has 10 rings (SSSR count). The lowest BCUT2D eigenvalue weighted by atomic mass is 9.74. The monoisotopic (exact) mass is 629 g/mol. The van der Waals surface area contributed by atoms with Crippen molar-refractivity contribution in [1.82, 2.24) is 0 Å². The molecule has 0 spiro atoms. The molecule has 2 aliphatic rings. The van der Waals surface area contributed by atoms with Crippen molar-refractivity contribution in [2.45, 2.75) is 31.6 Å². The van der Waals surface area contributed by atoms with E-state index in [1.807, 2.05) is 0 Å². The summed E-state index contributed by atoms with van der Waals surface area (Å²) >= 11 is 0. The summed E-state index contributed by atoms with van der Waals surface area (Å²) in [6.07, 6.45) is 0. The summed E-state index contributed by atoms with van der Waals surface area (Å²) in [4.78, 5) is 2.38. The molecule has 1 aromatic heterocycles. The van der Waals surface area contributed by atoms with Crippen LogP contribution in [0.25, 0.3) is 44.2 Å². The van der Waals surface area contributed by atoms with Crippen molar-refractivity contribution < 1.29 is 4.42 Å². The molecule has 0 saturated carbocycles. The summed E-state index contributed by atoms with van der Waals surface area (Å²) in [5, 5.41) is 2.25. The van der Waals surface area contributed by atoms with Crippen LogP contribution in [-0.2, 0) is 10.8 Å². The molecular formula is C47H35NO. The zero-order chi connectivity index (χ0) is 32.9. The number of nitrogens with zero attached hydrogens (tertiary/aromatic N) is 1. The lowest BCUT2D eigenvalue weighted by Gasteiger charge is -2.28. The van der Waals surface area contributed by atoms with E-state index in [1.54, 1.807) is 0 Å². The van der Waals surface area contributed by atoms with E-state index in [9.17, 15) is 0 Å². The molecule has 2 aliphatic carbocycles. The number of hydrogen-bond acceptors (Lipinski definition) is 2. The van der Waals surface area contributed by atoms with E-state index in [2.05, 4.69) is 183 Å². The molecule has 8 aromatic rings. The highest BCUT2D eigenvalue weighted by Crippen LogP contribution is 2.55. The second kappa shape index (κ2) is 10.1. The van der Waals surface area contributed by atoms with Crippen LogP contribution >= 0.6 is 0 Å². The Hall–Kier alpha value is -5.86. The van der Waals surface area contributed by atoms with E-state index in [1.165, 1.54) is 50.1 Å². The largest absolute Gasteiger partial charge is 0.456 e. The number of hydrogen-bond donors (Lipinski definition) is 0. The Bertz CT molecular complexity index is 2560. The third kappa shape index (κ3) is 3.83. The first-order valence-corrected chi connectivity index (χ1v) is 17.2. The van der Waals surface area contributed by atoms with Crippen LogP contribution in [0, 0.1) is 0 Å². The Labute approximate surface area is 286 Å². The number of furan rings is 1. The zero-order valence-electron chi connectivity index (χ0n) is 27.9. The maximum absolute atomic E-state index is 6.84. The summed E-state index contributed by atoms with van der Waals surface area (Å²) < 4.78 is 6.84. The minimum Gasteiger partial charge on any atom is -0.456 e. The third-order valence-corrected chi connectivity index (χ3v) is 11.3. The van der Waals surface area contributed by atoms with Crippen LogP contribution in [0.4, 0.5) is 17.1 Å². The summed E-state index contributed by atoms with van der Waals surface area (Å²) in [6.45, 7) is 7.05. The van der Waals surface area contributed by atoms with Gasteiger partial charge in [0.25, 0.3) is 0 Å². The number of rotatable bonds is 4. The molecule has 0 aliphatic heterocycles. The molecule has 0 radical (unpaired) electrons. The topological polar surface area (TPSA) is 16.4 Å². The van der Waals surface area contributed by atoms with Gasteiger partial charge in [-0.1, -0.05) is 129 Å². The van der Waals surface area contributed by atoms with Gasteiger partial charge in [-0.3, -0.25) is 0 Å². The summed E-state index contributed by atoms with van der Waals surface area (Å²) in [5.41, 5.74) is 16.6. The average Bonchev–Trinajstić information content (AvgIpc) is 3.73. The SMILES string of the molecule is CC1(C)c2ccccc2-c2ccc(N(c3ccccc3)c3ccc4oc5c(C6(C)c7ccccc7-c7ccccc76)cccc5c4c3)cc21. The molecular weight excluding hydrogens is 595 g/mol. The maximum Gasteiger partial charge on any atom is 0.139 e. The van der Waals surface area contributed by atoms with Gasteiger partial charge in [0.05, 0.1) is 0 Å². The van der Waals surface area contributed by atoms with Crippen LogP contribution in [0.3, 0.4) is 0 Å². The second-order valence-corrected chi connectivity index (χ2v) is 14.3. The first-order chi connectivity index (χ1) is 23.9. The van der Waals surface area contributed by atoms with Crippen LogP contribution in [0.15, 0.2) is 162 Å². The molecule has 2 heteroatoms. The Balaban J connectivity index is 1.16. The molecule has 0 atom stereocenters. The minimum atomic E-state index is -0.339. The quantitative estimate of drug-likeness (QED) is 0.193. The second-order valence-electron chi connectivity index (χ2n) is 14.3. The molecule has 0 saturated heterocycles. The molecule has 0 N–H and O–H groups in total. The molecule has 0 amide bonds. The lowest BCUT2D eigenvalue weighted by Crippen LogP contribution is -2.22. The Morgan fingerprint density at radius 3 is 1.67 bits per heavy atom. The lowest BCUT2D eigenvalue weighted by molar-refractivity contribution is 0.638. The molecule has 1 heterocycles. The van der Waals surface area contributed by atoms with Gasteiger partial charge in [0.1, 0.15) is 11.2 Å². The Morgan fingerprint density at radius 2 is 0.959 bits per heavy atom. The highest BCUT2D eigenvalue weighted by Gasteiger charge is 2.42. The first kappa shape index (κ1) is 28.2. The van der Waals surface area contributed by atoms with Crippen LogP contribution < -0.4 is 4.90 Å². The van der Waals surface area contributed by atoms with E-state index in [0.717, 1.165) is 39.0 Å². The fraction of sp³-hybridized carbons (Fsp3) is 0.106. The first-order valence-electron chi connectivity index (χ1n) is 17.2. The number of fused-ring (bicyclic) bond motifs is 9. The summed E-state index contributed by atoms with van der Waals surface area (Å²) in [5.74, 6) is 0. The third-order valence-electron chi connectivity index (χ3n) is 11.3. The van der Waals surface area contributed by atoms with E-state index >= 15 is 0 Å². The highest BCUT2D eigenvalue weighted by atomic mass is 16.3. The normalized spacial score (nSPS) is 14.8. The molecule has 49 heavy (non-hydrogen) atoms. The smallest absolute Gasteiger partial charge is 0.139 e. The van der Waals surface area contributed by atoms with Crippen LogP contribution in [-0.4, -0.2) is 0 Å². The zero-order valence-corrected chi connectivity index (χ0v) is 27.9. The molecule has 2 nitrogen and oxygen atoms in total. The van der Waals surface area contributed by atoms with Gasteiger partial charge in [0, 0.05) is 44.2 Å². The Morgan fingerprint density at radius 1 is 0.408 bits per heavy atom. The Kier molecular flexibility index (Phi) is 5.79. The van der Waals surface area contributed by atoms with E-state index < -0.39 is 0 Å². The van der Waals surface area contributed by atoms with Crippen molar-refractivity contribution in [2.75, 3.05) is 4.90 Å².